The zero-order valence-corrected chi connectivity index (χ0v) is 25.9. The van der Waals surface area contributed by atoms with E-state index in [1.54, 1.807) is 18.9 Å². The summed E-state index contributed by atoms with van der Waals surface area (Å²) in [5, 5.41) is 9.51. The molecule has 1 atom stereocenters. The molecule has 2 heterocycles. The predicted molar refractivity (Wildman–Crippen MR) is 168 cm³/mol. The number of rotatable bonds is 11. The van der Waals surface area contributed by atoms with Crippen molar-refractivity contribution in [1.29, 1.82) is 0 Å². The highest BCUT2D eigenvalue weighted by molar-refractivity contribution is 5.95. The van der Waals surface area contributed by atoms with Gasteiger partial charge in [-0.05, 0) is 41.0 Å². The minimum Gasteiger partial charge on any atom is -0.395 e. The van der Waals surface area contributed by atoms with Crippen LogP contribution in [0.2, 0.25) is 0 Å². The maximum Gasteiger partial charge on any atom is 0.433 e. The Morgan fingerprint density at radius 3 is 2.20 bits per heavy atom. The van der Waals surface area contributed by atoms with Crippen molar-refractivity contribution in [2.45, 2.75) is 32.1 Å². The van der Waals surface area contributed by atoms with Crippen LogP contribution < -0.4 is 4.90 Å². The van der Waals surface area contributed by atoms with Gasteiger partial charge in [-0.2, -0.15) is 13.2 Å². The lowest BCUT2D eigenvalue weighted by Crippen LogP contribution is -2.51. The van der Waals surface area contributed by atoms with Crippen LogP contribution in [0.25, 0.3) is 6.08 Å². The number of aliphatic hydroxyl groups is 1. The third kappa shape index (κ3) is 9.16. The Morgan fingerprint density at radius 2 is 1.63 bits per heavy atom. The van der Waals surface area contributed by atoms with E-state index in [0.29, 0.717) is 31.7 Å². The topological polar surface area (TPSA) is 97.3 Å². The highest BCUT2D eigenvalue weighted by Gasteiger charge is 2.33. The van der Waals surface area contributed by atoms with Gasteiger partial charge < -0.3 is 24.7 Å². The fraction of sp³-hybridized carbons (Fsp3) is 0.353. The van der Waals surface area contributed by atoms with E-state index in [1.165, 1.54) is 28.0 Å². The summed E-state index contributed by atoms with van der Waals surface area (Å²) in [6.45, 7) is 4.10. The summed E-state index contributed by atoms with van der Waals surface area (Å²) in [5.41, 5.74) is 1.81. The van der Waals surface area contributed by atoms with Crippen LogP contribution in [0.15, 0.2) is 79.0 Å². The molecule has 0 aliphatic carbocycles. The van der Waals surface area contributed by atoms with Crippen LogP contribution in [-0.2, 0) is 33.5 Å². The Morgan fingerprint density at radius 1 is 0.957 bits per heavy atom. The second kappa shape index (κ2) is 15.5. The highest BCUT2D eigenvalue weighted by Crippen LogP contribution is 2.27. The van der Waals surface area contributed by atoms with Gasteiger partial charge in [0.05, 0.1) is 6.61 Å². The number of alkyl halides is 3. The summed E-state index contributed by atoms with van der Waals surface area (Å²) in [6.07, 6.45) is -0.750. The van der Waals surface area contributed by atoms with Gasteiger partial charge in [-0.1, -0.05) is 48.5 Å². The van der Waals surface area contributed by atoms with E-state index in [0.717, 1.165) is 29.1 Å². The number of nitrogens with zero attached hydrogens (tertiary/aromatic N) is 5. The third-order valence-electron chi connectivity index (χ3n) is 7.90. The molecule has 244 valence electrons. The lowest BCUT2D eigenvalue weighted by Gasteiger charge is -2.36. The molecule has 12 heteroatoms. The lowest BCUT2D eigenvalue weighted by molar-refractivity contribution is -0.143. The van der Waals surface area contributed by atoms with Crippen molar-refractivity contribution >= 4 is 29.5 Å². The molecule has 2 aromatic carbocycles. The average Bonchev–Trinajstić information content (AvgIpc) is 3.05. The van der Waals surface area contributed by atoms with Crippen molar-refractivity contribution in [3.63, 3.8) is 0 Å². The summed E-state index contributed by atoms with van der Waals surface area (Å²) < 4.78 is 38.9. The third-order valence-corrected chi connectivity index (χ3v) is 7.90. The van der Waals surface area contributed by atoms with Gasteiger partial charge in [-0.3, -0.25) is 19.4 Å². The molecule has 1 N–H and O–H groups in total. The van der Waals surface area contributed by atoms with Crippen LogP contribution >= 0.6 is 0 Å². The fourth-order valence-electron chi connectivity index (χ4n) is 5.25. The van der Waals surface area contributed by atoms with Crippen LogP contribution in [0.3, 0.4) is 0 Å². The van der Waals surface area contributed by atoms with Crippen molar-refractivity contribution in [1.82, 2.24) is 19.7 Å². The predicted octanol–water partition coefficient (Wildman–Crippen LogP) is 3.87. The van der Waals surface area contributed by atoms with Crippen molar-refractivity contribution in [3.8, 4) is 0 Å². The second-order valence-electron chi connectivity index (χ2n) is 11.1. The second-order valence-corrected chi connectivity index (χ2v) is 11.1. The Hall–Kier alpha value is -4.71. The van der Waals surface area contributed by atoms with Gasteiger partial charge in [-0.25, -0.2) is 0 Å². The van der Waals surface area contributed by atoms with Gasteiger partial charge in [0.1, 0.15) is 11.7 Å². The molecule has 3 aromatic rings. The van der Waals surface area contributed by atoms with E-state index in [4.69, 9.17) is 0 Å². The number of likely N-dealkylation sites (N-methyl/N-ethyl adjacent to an activating group) is 1. The summed E-state index contributed by atoms with van der Waals surface area (Å²) in [6, 6.07) is 18.0. The standard InChI is InChI=1S/C34H38F3N5O4/c1-25(44)40-16-18-41(19-17-40)29-12-8-28(9-13-29)24-42(32(45)15-11-27-10-14-31(38-23-27)34(35,36)37)30(33(46)39(2)20-21-43)22-26-6-4-3-5-7-26/h3-15,23,30,43H,16-22,24H2,1-2H3. The van der Waals surface area contributed by atoms with Crippen molar-refractivity contribution in [2.75, 3.05) is 51.3 Å². The molecule has 1 unspecified atom stereocenters. The number of piperazine rings is 1. The molecule has 0 radical (unpaired) electrons. The number of carbonyl (C=O) groups excluding carboxylic acids is 3. The first-order chi connectivity index (χ1) is 22.0. The molecule has 1 aliphatic heterocycles. The molecular formula is C34H38F3N5O4. The first-order valence-corrected chi connectivity index (χ1v) is 15.0. The molecular weight excluding hydrogens is 599 g/mol. The molecule has 0 saturated carbocycles. The molecule has 9 nitrogen and oxygen atoms in total. The summed E-state index contributed by atoms with van der Waals surface area (Å²) >= 11 is 0. The zero-order valence-electron chi connectivity index (χ0n) is 25.9. The lowest BCUT2D eigenvalue weighted by atomic mass is 10.0. The van der Waals surface area contributed by atoms with Crippen LogP contribution in [-0.4, -0.2) is 94.9 Å². The van der Waals surface area contributed by atoms with Crippen LogP contribution in [0.5, 0.6) is 0 Å². The SMILES string of the molecule is CC(=O)N1CCN(c2ccc(CN(C(=O)C=Cc3ccc(C(F)(F)F)nc3)C(Cc3ccccc3)C(=O)N(C)CCO)cc2)CC1. The van der Waals surface area contributed by atoms with E-state index < -0.39 is 23.8 Å². The van der Waals surface area contributed by atoms with Crippen molar-refractivity contribution in [2.24, 2.45) is 0 Å². The molecule has 0 bridgehead atoms. The van der Waals surface area contributed by atoms with Crippen molar-refractivity contribution < 1.29 is 32.7 Å². The minimum atomic E-state index is -4.58. The number of aliphatic hydroxyl groups excluding tert-OH is 1. The minimum absolute atomic E-state index is 0.0487. The largest absolute Gasteiger partial charge is 0.433 e. The van der Waals surface area contributed by atoms with Gasteiger partial charge in [0, 0.05) is 77.6 Å². The molecule has 1 fully saturated rings. The van der Waals surface area contributed by atoms with Crippen molar-refractivity contribution in [3.05, 3.63) is 101 Å². The Kier molecular flexibility index (Phi) is 11.5. The van der Waals surface area contributed by atoms with Gasteiger partial charge in [-0.15, -0.1) is 0 Å². The van der Waals surface area contributed by atoms with E-state index >= 15 is 0 Å². The molecule has 46 heavy (non-hydrogen) atoms. The van der Waals surface area contributed by atoms with Gasteiger partial charge in [0.2, 0.25) is 17.7 Å². The molecule has 4 rings (SSSR count). The Balaban J connectivity index is 1.62. The van der Waals surface area contributed by atoms with Crippen LogP contribution in [0, 0.1) is 0 Å². The maximum atomic E-state index is 13.8. The maximum absolute atomic E-state index is 13.8. The van der Waals surface area contributed by atoms with Gasteiger partial charge in [0.25, 0.3) is 0 Å². The summed E-state index contributed by atoms with van der Waals surface area (Å²) in [5.74, 6) is -0.834. The summed E-state index contributed by atoms with van der Waals surface area (Å²) in [7, 11) is 1.56. The van der Waals surface area contributed by atoms with Gasteiger partial charge >= 0.3 is 6.18 Å². The number of benzene rings is 2. The first kappa shape index (κ1) is 34.2. The number of hydrogen-bond acceptors (Lipinski definition) is 6. The number of hydrogen-bond donors (Lipinski definition) is 1. The number of halogens is 3. The molecule has 1 saturated heterocycles. The number of pyridine rings is 1. The quantitative estimate of drug-likeness (QED) is 0.321. The van der Waals surface area contributed by atoms with Crippen LogP contribution in [0.4, 0.5) is 18.9 Å². The molecule has 1 aromatic heterocycles. The van der Waals surface area contributed by atoms with Gasteiger partial charge in [0.15, 0.2) is 0 Å². The zero-order chi connectivity index (χ0) is 33.3. The first-order valence-electron chi connectivity index (χ1n) is 15.0. The molecule has 1 aliphatic rings. The van der Waals surface area contributed by atoms with E-state index in [1.807, 2.05) is 54.6 Å². The fourth-order valence-corrected chi connectivity index (χ4v) is 5.25. The highest BCUT2D eigenvalue weighted by atomic mass is 19.4. The smallest absolute Gasteiger partial charge is 0.395 e. The molecule has 0 spiro atoms. The van der Waals surface area contributed by atoms with E-state index in [-0.39, 0.29) is 37.9 Å². The number of carbonyl (C=O) groups is 3. The number of aromatic nitrogens is 1. The van der Waals surface area contributed by atoms with Crippen LogP contribution in [0.1, 0.15) is 29.3 Å². The Bertz CT molecular complexity index is 1490. The normalized spacial score (nSPS) is 14.3. The number of amides is 3. The summed E-state index contributed by atoms with van der Waals surface area (Å²) in [4.78, 5) is 49.6. The Labute approximate surface area is 266 Å². The monoisotopic (exact) mass is 637 g/mol. The van der Waals surface area contributed by atoms with E-state index in [9.17, 15) is 32.7 Å². The average molecular weight is 638 g/mol. The molecule has 3 amide bonds. The number of anilines is 1. The van der Waals surface area contributed by atoms with E-state index in [2.05, 4.69) is 9.88 Å².